The Morgan fingerprint density at radius 3 is 2.42 bits per heavy atom. The van der Waals surface area contributed by atoms with E-state index in [1.807, 2.05) is 0 Å². The first-order chi connectivity index (χ1) is 5.48. The quantitative estimate of drug-likeness (QED) is 0.488. The van der Waals surface area contributed by atoms with Crippen LogP contribution in [0.25, 0.3) is 0 Å². The minimum atomic E-state index is 0.303. The summed E-state index contributed by atoms with van der Waals surface area (Å²) in [5.41, 5.74) is 0.303. The summed E-state index contributed by atoms with van der Waals surface area (Å²) in [7, 11) is 0. The maximum Gasteiger partial charge on any atom is 0.133 e. The SMILES string of the molecule is CC(C)CC(C)(C)CNCC=O. The molecule has 2 nitrogen and oxygen atoms in total. The zero-order valence-electron chi connectivity index (χ0n) is 8.68. The molecule has 0 fully saturated rings. The van der Waals surface area contributed by atoms with E-state index in [1.54, 1.807) is 0 Å². The molecule has 0 amide bonds. The Morgan fingerprint density at radius 2 is 2.00 bits per heavy atom. The molecule has 1 N–H and O–H groups in total. The molecule has 0 radical (unpaired) electrons. The molecule has 0 unspecified atom stereocenters. The van der Waals surface area contributed by atoms with E-state index in [9.17, 15) is 4.79 Å². The highest BCUT2D eigenvalue weighted by Crippen LogP contribution is 2.23. The van der Waals surface area contributed by atoms with E-state index in [-0.39, 0.29) is 0 Å². The summed E-state index contributed by atoms with van der Waals surface area (Å²) >= 11 is 0. The van der Waals surface area contributed by atoms with E-state index in [2.05, 4.69) is 33.0 Å². The third-order valence-corrected chi connectivity index (χ3v) is 1.79. The number of hydrogen-bond acceptors (Lipinski definition) is 2. The molecular weight excluding hydrogens is 150 g/mol. The van der Waals surface area contributed by atoms with Gasteiger partial charge in [0.05, 0.1) is 6.54 Å². The van der Waals surface area contributed by atoms with Crippen LogP contribution in [0.4, 0.5) is 0 Å². The Balaban J connectivity index is 3.62. The average molecular weight is 171 g/mol. The van der Waals surface area contributed by atoms with Crippen molar-refractivity contribution in [3.63, 3.8) is 0 Å². The van der Waals surface area contributed by atoms with Gasteiger partial charge in [0.25, 0.3) is 0 Å². The number of aldehydes is 1. The number of rotatable bonds is 6. The molecule has 0 aliphatic carbocycles. The van der Waals surface area contributed by atoms with Crippen LogP contribution in [0.15, 0.2) is 0 Å². The summed E-state index contributed by atoms with van der Waals surface area (Å²) in [5.74, 6) is 0.720. The van der Waals surface area contributed by atoms with E-state index >= 15 is 0 Å². The van der Waals surface area contributed by atoms with Crippen molar-refractivity contribution in [1.29, 1.82) is 0 Å². The van der Waals surface area contributed by atoms with Gasteiger partial charge in [-0.2, -0.15) is 0 Å². The van der Waals surface area contributed by atoms with Crippen LogP contribution in [0.3, 0.4) is 0 Å². The molecule has 0 aromatic carbocycles. The number of nitrogens with one attached hydrogen (secondary N) is 1. The van der Waals surface area contributed by atoms with Crippen LogP contribution in [0.5, 0.6) is 0 Å². The lowest BCUT2D eigenvalue weighted by Crippen LogP contribution is -2.31. The Bertz CT molecular complexity index is 130. The highest BCUT2D eigenvalue weighted by Gasteiger charge is 2.18. The first kappa shape index (κ1) is 11.6. The third-order valence-electron chi connectivity index (χ3n) is 1.79. The molecule has 0 aromatic rings. The van der Waals surface area contributed by atoms with E-state index in [4.69, 9.17) is 0 Å². The van der Waals surface area contributed by atoms with Crippen molar-refractivity contribution < 1.29 is 4.79 Å². The lowest BCUT2D eigenvalue weighted by atomic mass is 9.84. The summed E-state index contributed by atoms with van der Waals surface area (Å²) < 4.78 is 0. The Morgan fingerprint density at radius 1 is 1.42 bits per heavy atom. The molecule has 2 heteroatoms. The average Bonchev–Trinajstić information content (AvgIpc) is 1.84. The van der Waals surface area contributed by atoms with Gasteiger partial charge in [-0.05, 0) is 17.8 Å². The van der Waals surface area contributed by atoms with Crippen molar-refractivity contribution in [3.05, 3.63) is 0 Å². The zero-order chi connectivity index (χ0) is 9.61. The molecule has 0 spiro atoms. The molecule has 0 aromatic heterocycles. The van der Waals surface area contributed by atoms with Gasteiger partial charge in [-0.25, -0.2) is 0 Å². The van der Waals surface area contributed by atoms with E-state index in [1.165, 1.54) is 6.42 Å². The molecule has 0 saturated carbocycles. The van der Waals surface area contributed by atoms with Crippen molar-refractivity contribution in [2.45, 2.75) is 34.1 Å². The fourth-order valence-electron chi connectivity index (χ4n) is 1.65. The standard InChI is InChI=1S/C10H21NO/c1-9(2)7-10(3,4)8-11-5-6-12/h6,9,11H,5,7-8H2,1-4H3. The molecule has 0 saturated heterocycles. The second-order valence-corrected chi connectivity index (χ2v) is 4.56. The van der Waals surface area contributed by atoms with Crippen molar-refractivity contribution in [2.24, 2.45) is 11.3 Å². The highest BCUT2D eigenvalue weighted by molar-refractivity contribution is 5.51. The summed E-state index contributed by atoms with van der Waals surface area (Å²) in [6, 6.07) is 0. The minimum Gasteiger partial charge on any atom is -0.310 e. The minimum absolute atomic E-state index is 0.303. The van der Waals surface area contributed by atoms with Crippen LogP contribution < -0.4 is 5.32 Å². The molecule has 0 bridgehead atoms. The molecule has 0 aliphatic rings. The van der Waals surface area contributed by atoms with Gasteiger partial charge in [0.2, 0.25) is 0 Å². The zero-order valence-corrected chi connectivity index (χ0v) is 8.68. The second-order valence-electron chi connectivity index (χ2n) is 4.56. The van der Waals surface area contributed by atoms with Crippen LogP contribution in [-0.2, 0) is 4.79 Å². The van der Waals surface area contributed by atoms with Gasteiger partial charge in [-0.3, -0.25) is 0 Å². The molecule has 0 aliphatic heterocycles. The van der Waals surface area contributed by atoms with E-state index < -0.39 is 0 Å². The fraction of sp³-hybridized carbons (Fsp3) is 0.900. The smallest absolute Gasteiger partial charge is 0.133 e. The van der Waals surface area contributed by atoms with Gasteiger partial charge >= 0.3 is 0 Å². The molecule has 0 heterocycles. The lowest BCUT2D eigenvalue weighted by molar-refractivity contribution is -0.107. The maximum atomic E-state index is 10.1. The van der Waals surface area contributed by atoms with Crippen LogP contribution in [-0.4, -0.2) is 19.4 Å². The highest BCUT2D eigenvalue weighted by atomic mass is 16.1. The second kappa shape index (κ2) is 5.31. The predicted molar refractivity (Wildman–Crippen MR) is 52.2 cm³/mol. The van der Waals surface area contributed by atoms with Crippen molar-refractivity contribution in [3.8, 4) is 0 Å². The fourth-order valence-corrected chi connectivity index (χ4v) is 1.65. The van der Waals surface area contributed by atoms with E-state index in [0.717, 1.165) is 18.7 Å². The predicted octanol–water partition coefficient (Wildman–Crippen LogP) is 1.85. The van der Waals surface area contributed by atoms with Gasteiger partial charge in [0.1, 0.15) is 6.29 Å². The van der Waals surface area contributed by atoms with Crippen molar-refractivity contribution in [1.82, 2.24) is 5.32 Å². The van der Waals surface area contributed by atoms with E-state index in [0.29, 0.717) is 12.0 Å². The number of hydrogen-bond donors (Lipinski definition) is 1. The van der Waals surface area contributed by atoms with Gasteiger partial charge in [0, 0.05) is 6.54 Å². The van der Waals surface area contributed by atoms with Crippen LogP contribution in [0.1, 0.15) is 34.1 Å². The Hall–Kier alpha value is -0.370. The van der Waals surface area contributed by atoms with Gasteiger partial charge < -0.3 is 10.1 Å². The maximum absolute atomic E-state index is 10.1. The monoisotopic (exact) mass is 171 g/mol. The molecule has 0 atom stereocenters. The summed E-state index contributed by atoms with van der Waals surface area (Å²) in [5, 5.41) is 3.11. The van der Waals surface area contributed by atoms with Gasteiger partial charge in [-0.15, -0.1) is 0 Å². The molecule has 0 rings (SSSR count). The van der Waals surface area contributed by atoms with Gasteiger partial charge in [0.15, 0.2) is 0 Å². The van der Waals surface area contributed by atoms with Gasteiger partial charge in [-0.1, -0.05) is 27.7 Å². The van der Waals surface area contributed by atoms with Crippen molar-refractivity contribution in [2.75, 3.05) is 13.1 Å². The molecule has 72 valence electrons. The van der Waals surface area contributed by atoms with Crippen LogP contribution in [0, 0.1) is 11.3 Å². The normalized spacial score (nSPS) is 12.1. The first-order valence-electron chi connectivity index (χ1n) is 4.62. The Labute approximate surface area is 75.7 Å². The number of carbonyl (C=O) groups is 1. The summed E-state index contributed by atoms with van der Waals surface area (Å²) in [6.45, 7) is 10.3. The summed E-state index contributed by atoms with van der Waals surface area (Å²) in [6.07, 6.45) is 2.10. The summed E-state index contributed by atoms with van der Waals surface area (Å²) in [4.78, 5) is 10.1. The van der Waals surface area contributed by atoms with Crippen LogP contribution in [0.2, 0.25) is 0 Å². The molecular formula is C10H21NO. The Kier molecular flexibility index (Phi) is 5.14. The third kappa shape index (κ3) is 6.35. The van der Waals surface area contributed by atoms with Crippen molar-refractivity contribution >= 4 is 6.29 Å². The van der Waals surface area contributed by atoms with Crippen LogP contribution >= 0.6 is 0 Å². The largest absolute Gasteiger partial charge is 0.310 e. The topological polar surface area (TPSA) is 29.1 Å². The molecule has 12 heavy (non-hydrogen) atoms. The first-order valence-corrected chi connectivity index (χ1v) is 4.62. The lowest BCUT2D eigenvalue weighted by Gasteiger charge is -2.26. The number of carbonyl (C=O) groups excluding carboxylic acids is 1.